The van der Waals surface area contributed by atoms with Crippen LogP contribution in [0.15, 0.2) is 35.4 Å². The van der Waals surface area contributed by atoms with Crippen molar-refractivity contribution in [2.45, 2.75) is 20.8 Å². The molecule has 0 unspecified atom stereocenters. The molecule has 158 valence electrons. The van der Waals surface area contributed by atoms with Gasteiger partial charge in [0.15, 0.2) is 12.4 Å². The Bertz CT molecular complexity index is 1000. The highest BCUT2D eigenvalue weighted by molar-refractivity contribution is 5.90. The maximum atomic E-state index is 11.9. The van der Waals surface area contributed by atoms with Crippen LogP contribution < -0.4 is 19.6 Å². The second-order valence-corrected chi connectivity index (χ2v) is 6.24. The minimum absolute atomic E-state index is 0.0448. The molecule has 0 aliphatic carbocycles. The van der Waals surface area contributed by atoms with Crippen molar-refractivity contribution >= 4 is 23.8 Å². The summed E-state index contributed by atoms with van der Waals surface area (Å²) in [6.07, 6.45) is 1.09. The van der Waals surface area contributed by atoms with Crippen molar-refractivity contribution in [3.8, 4) is 17.2 Å². The van der Waals surface area contributed by atoms with Gasteiger partial charge in [-0.3, -0.25) is 19.7 Å². The van der Waals surface area contributed by atoms with Crippen LogP contribution in [0, 0.1) is 24.0 Å². The predicted octanol–water partition coefficient (Wildman–Crippen LogP) is 2.67. The predicted molar refractivity (Wildman–Crippen MR) is 108 cm³/mol. The molecule has 0 radical (unpaired) electrons. The first kappa shape index (κ1) is 22.3. The van der Waals surface area contributed by atoms with E-state index in [4.69, 9.17) is 14.2 Å². The van der Waals surface area contributed by atoms with Gasteiger partial charge >= 0.3 is 11.7 Å². The molecule has 30 heavy (non-hydrogen) atoms. The number of methoxy groups -OCH3 is 1. The van der Waals surface area contributed by atoms with E-state index in [1.807, 2.05) is 26.0 Å². The van der Waals surface area contributed by atoms with Crippen molar-refractivity contribution in [2.75, 3.05) is 13.7 Å². The zero-order valence-corrected chi connectivity index (χ0v) is 16.9. The molecule has 2 rings (SSSR count). The van der Waals surface area contributed by atoms with Gasteiger partial charge in [0, 0.05) is 6.92 Å². The first-order valence-corrected chi connectivity index (χ1v) is 8.78. The van der Waals surface area contributed by atoms with E-state index in [-0.39, 0.29) is 23.7 Å². The third kappa shape index (κ3) is 5.77. The van der Waals surface area contributed by atoms with Crippen LogP contribution in [0.4, 0.5) is 5.69 Å². The maximum Gasteiger partial charge on any atom is 0.323 e. The molecule has 0 atom stereocenters. The quantitative estimate of drug-likeness (QED) is 0.231. The smallest absolute Gasteiger partial charge is 0.323 e. The van der Waals surface area contributed by atoms with Crippen molar-refractivity contribution in [3.05, 3.63) is 57.1 Å². The lowest BCUT2D eigenvalue weighted by Crippen LogP contribution is -2.24. The first-order chi connectivity index (χ1) is 14.2. The zero-order chi connectivity index (χ0) is 22.3. The van der Waals surface area contributed by atoms with Crippen LogP contribution in [0.1, 0.15) is 23.6 Å². The lowest BCUT2D eigenvalue weighted by Gasteiger charge is -2.10. The van der Waals surface area contributed by atoms with E-state index in [9.17, 15) is 19.7 Å². The van der Waals surface area contributed by atoms with Crippen molar-refractivity contribution in [1.82, 2.24) is 5.43 Å². The number of nitro benzene ring substituents is 1. The summed E-state index contributed by atoms with van der Waals surface area (Å²) in [4.78, 5) is 33.9. The Balaban J connectivity index is 2.10. The molecular formula is C20H21N3O7. The van der Waals surface area contributed by atoms with Crippen LogP contribution in [0.3, 0.4) is 0 Å². The summed E-state index contributed by atoms with van der Waals surface area (Å²) in [5.41, 5.74) is 3.79. The van der Waals surface area contributed by atoms with Gasteiger partial charge in [-0.2, -0.15) is 5.10 Å². The third-order valence-electron chi connectivity index (χ3n) is 3.85. The summed E-state index contributed by atoms with van der Waals surface area (Å²) >= 11 is 0. The van der Waals surface area contributed by atoms with Crippen molar-refractivity contribution in [1.29, 1.82) is 0 Å². The number of nitrogens with zero attached hydrogens (tertiary/aromatic N) is 2. The topological polar surface area (TPSA) is 129 Å². The Labute approximate surface area is 172 Å². The number of aryl methyl sites for hydroxylation is 2. The van der Waals surface area contributed by atoms with Gasteiger partial charge in [0.1, 0.15) is 5.75 Å². The van der Waals surface area contributed by atoms with E-state index >= 15 is 0 Å². The van der Waals surface area contributed by atoms with Gasteiger partial charge in [-0.15, -0.1) is 0 Å². The molecule has 1 amide bonds. The zero-order valence-electron chi connectivity index (χ0n) is 16.9. The normalized spacial score (nSPS) is 10.5. The number of nitrogens with one attached hydrogen (secondary N) is 1. The van der Waals surface area contributed by atoms with Crippen LogP contribution in [-0.2, 0) is 9.59 Å². The van der Waals surface area contributed by atoms with Gasteiger partial charge in [0.2, 0.25) is 5.75 Å². The molecule has 2 aromatic rings. The number of ether oxygens (including phenoxy) is 3. The van der Waals surface area contributed by atoms with Crippen LogP contribution >= 0.6 is 0 Å². The SMILES string of the molecule is COc1c(OC(C)=O)ccc(/C=N\NC(=O)COc2ccc(C)cc2C)c1[N+](=O)[O-]. The lowest BCUT2D eigenvalue weighted by molar-refractivity contribution is -0.385. The number of carbonyl (C=O) groups excluding carboxylic acids is 2. The highest BCUT2D eigenvalue weighted by Gasteiger charge is 2.25. The molecule has 0 aliphatic heterocycles. The molecule has 0 heterocycles. The molecule has 0 saturated heterocycles. The van der Waals surface area contributed by atoms with Crippen molar-refractivity contribution < 1.29 is 28.7 Å². The van der Waals surface area contributed by atoms with Crippen molar-refractivity contribution in [3.63, 3.8) is 0 Å². The third-order valence-corrected chi connectivity index (χ3v) is 3.85. The summed E-state index contributed by atoms with van der Waals surface area (Å²) in [6.45, 7) is 4.70. The van der Waals surface area contributed by atoms with Gasteiger partial charge < -0.3 is 14.2 Å². The largest absolute Gasteiger partial charge is 0.488 e. The number of esters is 1. The average Bonchev–Trinajstić information content (AvgIpc) is 2.67. The number of rotatable bonds is 8. The van der Waals surface area contributed by atoms with E-state index < -0.39 is 22.5 Å². The molecule has 0 aliphatic rings. The number of hydrazone groups is 1. The fraction of sp³-hybridized carbons (Fsp3) is 0.250. The van der Waals surface area contributed by atoms with E-state index in [0.29, 0.717) is 5.75 Å². The van der Waals surface area contributed by atoms with E-state index in [1.54, 1.807) is 6.07 Å². The number of benzene rings is 2. The first-order valence-electron chi connectivity index (χ1n) is 8.78. The number of hydrogen-bond donors (Lipinski definition) is 1. The number of carbonyl (C=O) groups is 2. The minimum atomic E-state index is -0.696. The monoisotopic (exact) mass is 415 g/mol. The van der Waals surface area contributed by atoms with Gasteiger partial charge in [0.05, 0.1) is 23.8 Å². The Morgan fingerprint density at radius 1 is 1.20 bits per heavy atom. The second kappa shape index (κ2) is 10.0. The molecule has 2 aromatic carbocycles. The van der Waals surface area contributed by atoms with E-state index in [1.165, 1.54) is 19.2 Å². The summed E-state index contributed by atoms with van der Waals surface area (Å²) in [6, 6.07) is 8.21. The Morgan fingerprint density at radius 3 is 2.50 bits per heavy atom. The minimum Gasteiger partial charge on any atom is -0.488 e. The summed E-state index contributed by atoms with van der Waals surface area (Å²) < 4.78 is 15.4. The highest BCUT2D eigenvalue weighted by atomic mass is 16.6. The molecule has 1 N–H and O–H groups in total. The molecule has 0 aromatic heterocycles. The van der Waals surface area contributed by atoms with Gasteiger partial charge in [-0.05, 0) is 37.6 Å². The lowest BCUT2D eigenvalue weighted by atomic mass is 10.1. The summed E-state index contributed by atoms with van der Waals surface area (Å²) in [5.74, 6) is -0.956. The fourth-order valence-corrected chi connectivity index (χ4v) is 2.60. The molecular weight excluding hydrogens is 394 g/mol. The van der Waals surface area contributed by atoms with Crippen LogP contribution in [0.2, 0.25) is 0 Å². The Kier molecular flexibility index (Phi) is 7.45. The Morgan fingerprint density at radius 2 is 1.90 bits per heavy atom. The average molecular weight is 415 g/mol. The molecule has 10 heteroatoms. The van der Waals surface area contributed by atoms with E-state index in [2.05, 4.69) is 10.5 Å². The standard InChI is InChI=1S/C20H21N3O7/c1-12-5-7-16(13(2)9-12)29-11-18(25)22-21-10-15-6-8-17(30-14(3)24)20(28-4)19(15)23(26)27/h5-10H,11H2,1-4H3,(H,22,25)/b21-10-. The maximum absolute atomic E-state index is 11.9. The molecule has 10 nitrogen and oxygen atoms in total. The van der Waals surface area contributed by atoms with Gasteiger partial charge in [-0.1, -0.05) is 17.7 Å². The summed E-state index contributed by atoms with van der Waals surface area (Å²) in [7, 11) is 1.21. The number of hydrogen-bond acceptors (Lipinski definition) is 8. The van der Waals surface area contributed by atoms with E-state index in [0.717, 1.165) is 24.3 Å². The number of amides is 1. The van der Waals surface area contributed by atoms with Gasteiger partial charge in [-0.25, -0.2) is 5.43 Å². The molecule has 0 fully saturated rings. The number of nitro groups is 1. The second-order valence-electron chi connectivity index (χ2n) is 6.24. The molecule has 0 spiro atoms. The van der Waals surface area contributed by atoms with Crippen molar-refractivity contribution in [2.24, 2.45) is 5.10 Å². The van der Waals surface area contributed by atoms with Crippen LogP contribution in [0.25, 0.3) is 0 Å². The Hall–Kier alpha value is -3.95. The van der Waals surface area contributed by atoms with Crippen LogP contribution in [-0.4, -0.2) is 36.7 Å². The molecule has 0 bridgehead atoms. The highest BCUT2D eigenvalue weighted by Crippen LogP contribution is 2.39. The van der Waals surface area contributed by atoms with Gasteiger partial charge in [0.25, 0.3) is 5.91 Å². The molecule has 0 saturated carbocycles. The fourth-order valence-electron chi connectivity index (χ4n) is 2.60. The van der Waals surface area contributed by atoms with Crippen LogP contribution in [0.5, 0.6) is 17.2 Å². The summed E-state index contributed by atoms with van der Waals surface area (Å²) in [5, 5.41) is 15.2.